The van der Waals surface area contributed by atoms with E-state index in [-0.39, 0.29) is 16.5 Å². The van der Waals surface area contributed by atoms with Gasteiger partial charge in [0.25, 0.3) is 0 Å². The Labute approximate surface area is 103 Å². The van der Waals surface area contributed by atoms with Gasteiger partial charge in [-0.15, -0.1) is 12.6 Å². The third-order valence-electron chi connectivity index (χ3n) is 2.33. The molecule has 0 unspecified atom stereocenters. The Kier molecular flexibility index (Phi) is 3.10. The van der Waals surface area contributed by atoms with Gasteiger partial charge in [0, 0.05) is 6.20 Å². The van der Waals surface area contributed by atoms with Crippen LogP contribution in [0.25, 0.3) is 11.1 Å². The van der Waals surface area contributed by atoms with Crippen molar-refractivity contribution in [2.24, 2.45) is 0 Å². The third-order valence-corrected chi connectivity index (χ3v) is 2.55. The van der Waals surface area contributed by atoms with E-state index >= 15 is 0 Å². The average Bonchev–Trinajstić information content (AvgIpc) is 2.29. The molecule has 0 radical (unpaired) electrons. The lowest BCUT2D eigenvalue weighted by molar-refractivity contribution is 0.628. The Morgan fingerprint density at radius 2 is 1.94 bits per heavy atom. The smallest absolute Gasteiger partial charge is 0.163 e. The maximum Gasteiger partial charge on any atom is 0.163 e. The van der Waals surface area contributed by atoms with E-state index in [1.807, 2.05) is 0 Å². The van der Waals surface area contributed by atoms with E-state index in [0.29, 0.717) is 5.56 Å². The Balaban J connectivity index is 2.58. The van der Waals surface area contributed by atoms with Gasteiger partial charge in [-0.25, -0.2) is 4.39 Å². The van der Waals surface area contributed by atoms with E-state index in [1.54, 1.807) is 30.5 Å². The number of halogens is 1. The number of pyridine rings is 1. The maximum absolute atomic E-state index is 13.1. The molecule has 0 fully saturated rings. The van der Waals surface area contributed by atoms with Crippen molar-refractivity contribution in [1.29, 1.82) is 10.8 Å². The van der Waals surface area contributed by atoms with Crippen LogP contribution < -0.4 is 5.49 Å². The first-order chi connectivity index (χ1) is 8.08. The van der Waals surface area contributed by atoms with Gasteiger partial charge in [-0.05, 0) is 35.4 Å². The molecule has 2 N–H and O–H groups in total. The van der Waals surface area contributed by atoms with Gasteiger partial charge in [0.05, 0.1) is 0 Å². The first-order valence-corrected chi connectivity index (χ1v) is 5.34. The zero-order chi connectivity index (χ0) is 12.4. The van der Waals surface area contributed by atoms with Gasteiger partial charge in [0.15, 0.2) is 5.17 Å². The van der Waals surface area contributed by atoms with Gasteiger partial charge < -0.3 is 0 Å². The van der Waals surface area contributed by atoms with Gasteiger partial charge in [-0.3, -0.25) is 15.4 Å². The predicted molar refractivity (Wildman–Crippen MR) is 67.8 cm³/mol. The fourth-order valence-corrected chi connectivity index (χ4v) is 1.68. The standard InChI is InChI=1S/C12H10FN3S/c13-10-3-1-2-8(6-10)9-4-5-11(14)16(7-9)12(15)17/h1-7,14H,(H2,15,17). The van der Waals surface area contributed by atoms with Crippen LogP contribution in [-0.2, 0) is 0 Å². The van der Waals surface area contributed by atoms with Crippen molar-refractivity contribution in [1.82, 2.24) is 4.57 Å². The first kappa shape index (κ1) is 11.6. The second-order valence-electron chi connectivity index (χ2n) is 3.51. The molecule has 1 aromatic heterocycles. The van der Waals surface area contributed by atoms with Gasteiger partial charge >= 0.3 is 0 Å². The molecule has 0 aliphatic heterocycles. The molecule has 0 bridgehead atoms. The molecule has 1 aromatic carbocycles. The van der Waals surface area contributed by atoms with Gasteiger partial charge in [0.1, 0.15) is 11.3 Å². The minimum atomic E-state index is -0.315. The van der Waals surface area contributed by atoms with Crippen molar-refractivity contribution in [2.45, 2.75) is 0 Å². The molecule has 3 nitrogen and oxygen atoms in total. The van der Waals surface area contributed by atoms with Crippen LogP contribution in [-0.4, -0.2) is 9.73 Å². The van der Waals surface area contributed by atoms with Crippen molar-refractivity contribution in [3.63, 3.8) is 0 Å². The highest BCUT2D eigenvalue weighted by Gasteiger charge is 2.02. The lowest BCUT2D eigenvalue weighted by Crippen LogP contribution is -2.22. The van der Waals surface area contributed by atoms with Gasteiger partial charge in [0.2, 0.25) is 0 Å². The van der Waals surface area contributed by atoms with Gasteiger partial charge in [-0.1, -0.05) is 12.1 Å². The average molecular weight is 247 g/mol. The van der Waals surface area contributed by atoms with Crippen LogP contribution in [0, 0.1) is 16.6 Å². The van der Waals surface area contributed by atoms with Crippen molar-refractivity contribution in [3.05, 3.63) is 53.9 Å². The summed E-state index contributed by atoms with van der Waals surface area (Å²) in [6.45, 7) is 0. The molecule has 0 spiro atoms. The van der Waals surface area contributed by atoms with Crippen LogP contribution >= 0.6 is 12.6 Å². The van der Waals surface area contributed by atoms with E-state index in [1.165, 1.54) is 16.7 Å². The van der Waals surface area contributed by atoms with E-state index in [4.69, 9.17) is 10.8 Å². The second kappa shape index (κ2) is 4.55. The normalized spacial score (nSPS) is 10.2. The SMILES string of the molecule is N=C(S)n1cc(-c2cccc(F)c2)ccc1=N. The molecular weight excluding hydrogens is 237 g/mol. The summed E-state index contributed by atoms with van der Waals surface area (Å²) in [6.07, 6.45) is 1.59. The molecule has 0 saturated heterocycles. The minimum absolute atomic E-state index is 0.0479. The van der Waals surface area contributed by atoms with Crippen LogP contribution in [0.1, 0.15) is 0 Å². The van der Waals surface area contributed by atoms with Crippen LogP contribution in [0.15, 0.2) is 42.6 Å². The largest absolute Gasteiger partial charge is 0.284 e. The number of nitrogens with one attached hydrogen (secondary N) is 2. The molecule has 2 rings (SSSR count). The third kappa shape index (κ3) is 2.45. The molecule has 2 aromatic rings. The van der Waals surface area contributed by atoms with Crippen LogP contribution in [0.2, 0.25) is 0 Å². The second-order valence-corrected chi connectivity index (χ2v) is 3.93. The Morgan fingerprint density at radius 1 is 1.18 bits per heavy atom. The molecule has 0 atom stereocenters. The van der Waals surface area contributed by atoms with E-state index in [2.05, 4.69) is 12.6 Å². The molecule has 0 aliphatic rings. The lowest BCUT2D eigenvalue weighted by atomic mass is 10.1. The molecule has 0 amide bonds. The predicted octanol–water partition coefficient (Wildman–Crippen LogP) is 2.49. The summed E-state index contributed by atoms with van der Waals surface area (Å²) in [5, 5.41) is 15.0. The summed E-state index contributed by atoms with van der Waals surface area (Å²) < 4.78 is 14.4. The minimum Gasteiger partial charge on any atom is -0.284 e. The maximum atomic E-state index is 13.1. The van der Waals surface area contributed by atoms with Crippen molar-refractivity contribution in [2.75, 3.05) is 0 Å². The summed E-state index contributed by atoms with van der Waals surface area (Å²) in [5.74, 6) is -0.315. The first-order valence-electron chi connectivity index (χ1n) is 4.89. The fourth-order valence-electron chi connectivity index (χ4n) is 1.51. The zero-order valence-corrected chi connectivity index (χ0v) is 9.71. The summed E-state index contributed by atoms with van der Waals surface area (Å²) in [7, 11) is 0. The fraction of sp³-hybridized carbons (Fsp3) is 0. The van der Waals surface area contributed by atoms with E-state index in [0.717, 1.165) is 5.56 Å². The van der Waals surface area contributed by atoms with Crippen molar-refractivity contribution in [3.8, 4) is 11.1 Å². The summed E-state index contributed by atoms with van der Waals surface area (Å²) in [6, 6.07) is 9.43. The van der Waals surface area contributed by atoms with Crippen LogP contribution in [0.5, 0.6) is 0 Å². The lowest BCUT2D eigenvalue weighted by Gasteiger charge is -2.07. The summed E-state index contributed by atoms with van der Waals surface area (Å²) in [5.41, 5.74) is 1.60. The number of hydrogen-bond donors (Lipinski definition) is 3. The van der Waals surface area contributed by atoms with Gasteiger partial charge in [-0.2, -0.15) is 0 Å². The number of thiol groups is 1. The molecule has 1 heterocycles. The summed E-state index contributed by atoms with van der Waals surface area (Å²) in [4.78, 5) is 0. The molecular formula is C12H10FN3S. The van der Waals surface area contributed by atoms with Crippen molar-refractivity contribution >= 4 is 17.8 Å². The van der Waals surface area contributed by atoms with Crippen molar-refractivity contribution < 1.29 is 4.39 Å². The Bertz CT molecular complexity index is 634. The number of hydrogen-bond acceptors (Lipinski definition) is 2. The van der Waals surface area contributed by atoms with Crippen LogP contribution in [0.4, 0.5) is 4.39 Å². The molecule has 86 valence electrons. The highest BCUT2D eigenvalue weighted by atomic mass is 32.1. The quantitative estimate of drug-likeness (QED) is 0.394. The highest BCUT2D eigenvalue weighted by Crippen LogP contribution is 2.18. The highest BCUT2D eigenvalue weighted by molar-refractivity contribution is 7.96. The molecule has 0 saturated carbocycles. The topological polar surface area (TPSA) is 52.6 Å². The van der Waals surface area contributed by atoms with E-state index < -0.39 is 0 Å². The Hall–Kier alpha value is -1.88. The molecule has 5 heteroatoms. The number of nitrogens with zero attached hydrogens (tertiary/aromatic N) is 1. The number of benzene rings is 1. The monoisotopic (exact) mass is 247 g/mol. The summed E-state index contributed by atoms with van der Waals surface area (Å²) >= 11 is 3.89. The molecule has 0 aliphatic carbocycles. The molecule has 17 heavy (non-hydrogen) atoms. The number of aromatic nitrogens is 1. The van der Waals surface area contributed by atoms with Crippen LogP contribution in [0.3, 0.4) is 0 Å². The number of rotatable bonds is 1. The van der Waals surface area contributed by atoms with E-state index in [9.17, 15) is 4.39 Å². The zero-order valence-electron chi connectivity index (χ0n) is 8.81. The Morgan fingerprint density at radius 3 is 2.59 bits per heavy atom.